The van der Waals surface area contributed by atoms with Gasteiger partial charge in [-0.2, -0.15) is 0 Å². The van der Waals surface area contributed by atoms with Crippen molar-refractivity contribution in [3.05, 3.63) is 89.2 Å². The van der Waals surface area contributed by atoms with E-state index < -0.39 is 11.7 Å². The third-order valence-corrected chi connectivity index (χ3v) is 4.76. The lowest BCUT2D eigenvalue weighted by Crippen LogP contribution is -2.23. The number of amides is 1. The van der Waals surface area contributed by atoms with Crippen molar-refractivity contribution in [3.63, 3.8) is 0 Å². The molecule has 4 aromatic rings. The molecule has 1 amide bonds. The molecule has 2 aromatic carbocycles. The van der Waals surface area contributed by atoms with Crippen molar-refractivity contribution in [1.82, 2.24) is 20.0 Å². The van der Waals surface area contributed by atoms with E-state index in [4.69, 9.17) is 4.52 Å². The Kier molecular flexibility index (Phi) is 5.14. The molecular weight excluding hydrogens is 390 g/mol. The SMILES string of the molecule is Cc1onc(-c2ccc(F)cc2)c1C(=O)NCc1ccc(-n2ccnc2C)c(F)c1. The fourth-order valence-electron chi connectivity index (χ4n) is 3.20. The van der Waals surface area contributed by atoms with Gasteiger partial charge in [-0.1, -0.05) is 11.2 Å². The molecule has 0 spiro atoms. The van der Waals surface area contributed by atoms with E-state index in [1.165, 1.54) is 30.3 Å². The molecule has 152 valence electrons. The Hall–Kier alpha value is -3.81. The molecule has 0 radical (unpaired) electrons. The number of hydrogen-bond donors (Lipinski definition) is 1. The van der Waals surface area contributed by atoms with E-state index in [9.17, 15) is 13.6 Å². The van der Waals surface area contributed by atoms with Gasteiger partial charge in [-0.25, -0.2) is 13.8 Å². The third kappa shape index (κ3) is 3.71. The number of aryl methyl sites for hydroxylation is 2. The van der Waals surface area contributed by atoms with Gasteiger partial charge in [-0.05, 0) is 55.8 Å². The topological polar surface area (TPSA) is 73.0 Å². The first-order valence-electron chi connectivity index (χ1n) is 9.23. The summed E-state index contributed by atoms with van der Waals surface area (Å²) in [4.78, 5) is 16.8. The molecular formula is C22H18F2N4O2. The summed E-state index contributed by atoms with van der Waals surface area (Å²) in [6, 6.07) is 10.4. The van der Waals surface area contributed by atoms with Gasteiger partial charge < -0.3 is 14.4 Å². The van der Waals surface area contributed by atoms with Crippen LogP contribution >= 0.6 is 0 Å². The lowest BCUT2D eigenvalue weighted by molar-refractivity contribution is 0.0950. The van der Waals surface area contributed by atoms with Gasteiger partial charge in [0.2, 0.25) is 0 Å². The fraction of sp³-hybridized carbons (Fsp3) is 0.136. The summed E-state index contributed by atoms with van der Waals surface area (Å²) < 4.78 is 34.6. The molecule has 0 aliphatic carbocycles. The summed E-state index contributed by atoms with van der Waals surface area (Å²) in [5, 5.41) is 6.68. The van der Waals surface area contributed by atoms with Gasteiger partial charge >= 0.3 is 0 Å². The largest absolute Gasteiger partial charge is 0.360 e. The van der Waals surface area contributed by atoms with Gasteiger partial charge in [0, 0.05) is 24.5 Å². The average molecular weight is 408 g/mol. The van der Waals surface area contributed by atoms with E-state index in [2.05, 4.69) is 15.5 Å². The van der Waals surface area contributed by atoms with Gasteiger partial charge in [0.05, 0.1) is 5.69 Å². The first kappa shape index (κ1) is 19.5. The molecule has 8 heteroatoms. The summed E-state index contributed by atoms with van der Waals surface area (Å²) in [5.41, 5.74) is 2.12. The average Bonchev–Trinajstić information content (AvgIpc) is 3.32. The molecule has 2 heterocycles. The molecule has 2 aromatic heterocycles. The molecule has 1 N–H and O–H groups in total. The molecule has 0 saturated heterocycles. The first-order chi connectivity index (χ1) is 14.4. The predicted octanol–water partition coefficient (Wildman–Crippen LogP) is 4.35. The minimum Gasteiger partial charge on any atom is -0.360 e. The zero-order valence-electron chi connectivity index (χ0n) is 16.3. The molecule has 0 unspecified atom stereocenters. The van der Waals surface area contributed by atoms with Crippen LogP contribution < -0.4 is 5.32 Å². The van der Waals surface area contributed by atoms with Crippen molar-refractivity contribution in [3.8, 4) is 16.9 Å². The fourth-order valence-corrected chi connectivity index (χ4v) is 3.20. The Bertz CT molecular complexity index is 1210. The number of carbonyl (C=O) groups excluding carboxylic acids is 1. The van der Waals surface area contributed by atoms with Crippen molar-refractivity contribution in [2.24, 2.45) is 0 Å². The number of rotatable bonds is 5. The van der Waals surface area contributed by atoms with Gasteiger partial charge in [0.1, 0.15) is 34.5 Å². The second kappa shape index (κ2) is 7.90. The van der Waals surface area contributed by atoms with E-state index in [0.29, 0.717) is 34.1 Å². The smallest absolute Gasteiger partial charge is 0.257 e. The summed E-state index contributed by atoms with van der Waals surface area (Å²) >= 11 is 0. The monoisotopic (exact) mass is 408 g/mol. The van der Waals surface area contributed by atoms with E-state index >= 15 is 0 Å². The summed E-state index contributed by atoms with van der Waals surface area (Å²) in [6.07, 6.45) is 3.28. The molecule has 30 heavy (non-hydrogen) atoms. The number of halogens is 2. The van der Waals surface area contributed by atoms with Crippen LogP contribution in [0.4, 0.5) is 8.78 Å². The van der Waals surface area contributed by atoms with Crippen LogP contribution in [0.15, 0.2) is 59.4 Å². The number of benzene rings is 2. The molecule has 6 nitrogen and oxygen atoms in total. The number of nitrogens with zero attached hydrogens (tertiary/aromatic N) is 3. The van der Waals surface area contributed by atoms with Crippen molar-refractivity contribution in [2.45, 2.75) is 20.4 Å². The molecule has 4 rings (SSSR count). The van der Waals surface area contributed by atoms with Gasteiger partial charge in [0.15, 0.2) is 0 Å². The third-order valence-electron chi connectivity index (χ3n) is 4.76. The summed E-state index contributed by atoms with van der Waals surface area (Å²) in [7, 11) is 0. The van der Waals surface area contributed by atoms with Crippen molar-refractivity contribution < 1.29 is 18.1 Å². The zero-order chi connectivity index (χ0) is 21.3. The Balaban J connectivity index is 1.52. The summed E-state index contributed by atoms with van der Waals surface area (Å²) in [5.74, 6) is -0.213. The van der Waals surface area contributed by atoms with Crippen LogP contribution in [0.2, 0.25) is 0 Å². The van der Waals surface area contributed by atoms with Crippen LogP contribution in [0.5, 0.6) is 0 Å². The van der Waals surface area contributed by atoms with Crippen LogP contribution in [0.1, 0.15) is 27.5 Å². The molecule has 0 aliphatic rings. The van der Waals surface area contributed by atoms with Gasteiger partial charge in [0.25, 0.3) is 5.91 Å². The van der Waals surface area contributed by atoms with Gasteiger partial charge in [-0.15, -0.1) is 0 Å². The van der Waals surface area contributed by atoms with Crippen molar-refractivity contribution in [1.29, 1.82) is 0 Å². The maximum Gasteiger partial charge on any atom is 0.257 e. The van der Waals surface area contributed by atoms with Crippen molar-refractivity contribution in [2.75, 3.05) is 0 Å². The van der Waals surface area contributed by atoms with E-state index in [1.54, 1.807) is 42.9 Å². The van der Waals surface area contributed by atoms with E-state index in [0.717, 1.165) is 0 Å². The highest BCUT2D eigenvalue weighted by atomic mass is 19.1. The Morgan fingerprint density at radius 1 is 1.13 bits per heavy atom. The normalized spacial score (nSPS) is 10.9. The van der Waals surface area contributed by atoms with Crippen LogP contribution in [0, 0.1) is 25.5 Å². The Morgan fingerprint density at radius 3 is 2.57 bits per heavy atom. The van der Waals surface area contributed by atoms with E-state index in [1.807, 2.05) is 0 Å². The zero-order valence-corrected chi connectivity index (χ0v) is 16.3. The second-order valence-corrected chi connectivity index (χ2v) is 6.78. The molecule has 0 saturated carbocycles. The molecule has 0 atom stereocenters. The minimum atomic E-state index is -0.420. The van der Waals surface area contributed by atoms with Crippen LogP contribution in [0.3, 0.4) is 0 Å². The standard InChI is InChI=1S/C22H18F2N4O2/c1-13-20(21(27-30-13)16-4-6-17(23)7-5-16)22(29)26-12-15-3-8-19(18(24)11-15)28-10-9-25-14(28)2/h3-11H,12H2,1-2H3,(H,26,29). The molecule has 0 bridgehead atoms. The summed E-state index contributed by atoms with van der Waals surface area (Å²) in [6.45, 7) is 3.52. The number of carbonyl (C=O) groups is 1. The highest BCUT2D eigenvalue weighted by molar-refractivity contribution is 6.00. The highest BCUT2D eigenvalue weighted by Gasteiger charge is 2.21. The maximum atomic E-state index is 14.6. The number of imidazole rings is 1. The second-order valence-electron chi connectivity index (χ2n) is 6.78. The molecule has 0 fully saturated rings. The Morgan fingerprint density at radius 2 is 1.90 bits per heavy atom. The van der Waals surface area contributed by atoms with Crippen LogP contribution in [-0.4, -0.2) is 20.6 Å². The van der Waals surface area contributed by atoms with E-state index in [-0.39, 0.29) is 17.9 Å². The van der Waals surface area contributed by atoms with Gasteiger partial charge in [-0.3, -0.25) is 4.79 Å². The molecule has 0 aliphatic heterocycles. The quantitative estimate of drug-likeness (QED) is 0.533. The lowest BCUT2D eigenvalue weighted by atomic mass is 10.1. The van der Waals surface area contributed by atoms with Crippen LogP contribution in [0.25, 0.3) is 16.9 Å². The van der Waals surface area contributed by atoms with Crippen LogP contribution in [-0.2, 0) is 6.54 Å². The van der Waals surface area contributed by atoms with Crippen molar-refractivity contribution >= 4 is 5.91 Å². The number of aromatic nitrogens is 3. The minimum absolute atomic E-state index is 0.117. The lowest BCUT2D eigenvalue weighted by Gasteiger charge is -2.10. The Labute approximate surface area is 171 Å². The highest BCUT2D eigenvalue weighted by Crippen LogP contribution is 2.25. The number of hydrogen-bond acceptors (Lipinski definition) is 4. The number of nitrogens with one attached hydrogen (secondary N) is 1. The maximum absolute atomic E-state index is 14.6. The predicted molar refractivity (Wildman–Crippen MR) is 106 cm³/mol. The first-order valence-corrected chi connectivity index (χ1v) is 9.23.